The number of aryl methyl sites for hydroxylation is 2. The maximum atomic E-state index is 12.7. The molecule has 1 aromatic heterocycles. The summed E-state index contributed by atoms with van der Waals surface area (Å²) in [5, 5.41) is 5.09. The molecule has 0 fully saturated rings. The molecular formula is C26H29NO5S. The normalized spacial score (nSPS) is 10.6. The van der Waals surface area contributed by atoms with Gasteiger partial charge in [-0.25, -0.2) is 4.79 Å². The summed E-state index contributed by atoms with van der Waals surface area (Å²) in [6.07, 6.45) is 0. The van der Waals surface area contributed by atoms with Gasteiger partial charge in [-0.1, -0.05) is 18.2 Å². The Hall–Kier alpha value is -3.32. The van der Waals surface area contributed by atoms with Crippen molar-refractivity contribution < 1.29 is 23.8 Å². The highest BCUT2D eigenvalue weighted by Crippen LogP contribution is 2.37. The highest BCUT2D eigenvalue weighted by molar-refractivity contribution is 7.15. The Balaban J connectivity index is 1.81. The van der Waals surface area contributed by atoms with Crippen molar-refractivity contribution in [2.75, 3.05) is 25.1 Å². The first kappa shape index (κ1) is 24.3. The van der Waals surface area contributed by atoms with Crippen LogP contribution in [-0.2, 0) is 9.53 Å². The van der Waals surface area contributed by atoms with Crippen LogP contribution in [0.3, 0.4) is 0 Å². The molecule has 7 heteroatoms. The number of amides is 1. The Labute approximate surface area is 198 Å². The lowest BCUT2D eigenvalue weighted by Gasteiger charge is -2.13. The molecule has 0 aliphatic rings. The first-order chi connectivity index (χ1) is 15.8. The number of hydrogen-bond acceptors (Lipinski definition) is 6. The van der Waals surface area contributed by atoms with Gasteiger partial charge in [0, 0.05) is 10.9 Å². The third kappa shape index (κ3) is 5.93. The van der Waals surface area contributed by atoms with E-state index >= 15 is 0 Å². The third-order valence-electron chi connectivity index (χ3n) is 5.12. The van der Waals surface area contributed by atoms with Crippen LogP contribution >= 0.6 is 11.3 Å². The lowest BCUT2D eigenvalue weighted by molar-refractivity contribution is -0.118. The third-order valence-corrected chi connectivity index (χ3v) is 6.02. The van der Waals surface area contributed by atoms with Crippen molar-refractivity contribution in [3.63, 3.8) is 0 Å². The van der Waals surface area contributed by atoms with Gasteiger partial charge in [0.25, 0.3) is 5.91 Å². The summed E-state index contributed by atoms with van der Waals surface area (Å²) in [6.45, 7) is 10.3. The van der Waals surface area contributed by atoms with Crippen LogP contribution in [0.4, 0.5) is 5.00 Å². The highest BCUT2D eigenvalue weighted by Gasteiger charge is 2.23. The summed E-state index contributed by atoms with van der Waals surface area (Å²) >= 11 is 1.28. The molecule has 3 rings (SSSR count). The molecule has 0 unspecified atom stereocenters. The molecule has 0 atom stereocenters. The second-order valence-electron chi connectivity index (χ2n) is 7.57. The molecule has 1 heterocycles. The maximum absolute atomic E-state index is 12.7. The minimum atomic E-state index is -0.482. The molecule has 174 valence electrons. The van der Waals surface area contributed by atoms with Crippen molar-refractivity contribution in [3.05, 3.63) is 64.0 Å². The molecule has 0 saturated heterocycles. The van der Waals surface area contributed by atoms with Crippen LogP contribution in [0.5, 0.6) is 11.5 Å². The molecule has 0 spiro atoms. The average molecular weight is 468 g/mol. The monoisotopic (exact) mass is 467 g/mol. The summed E-state index contributed by atoms with van der Waals surface area (Å²) < 4.78 is 16.5. The van der Waals surface area contributed by atoms with Gasteiger partial charge < -0.3 is 19.5 Å². The molecule has 0 bridgehead atoms. The van der Waals surface area contributed by atoms with Gasteiger partial charge in [0.15, 0.2) is 6.61 Å². The summed E-state index contributed by atoms with van der Waals surface area (Å²) in [4.78, 5) is 25.4. The lowest BCUT2D eigenvalue weighted by atomic mass is 10.0. The molecule has 0 radical (unpaired) electrons. The van der Waals surface area contributed by atoms with E-state index in [1.54, 1.807) is 6.92 Å². The van der Waals surface area contributed by atoms with Gasteiger partial charge in [-0.3, -0.25) is 4.79 Å². The van der Waals surface area contributed by atoms with Crippen molar-refractivity contribution >= 4 is 28.2 Å². The Bertz CT molecular complexity index is 1130. The van der Waals surface area contributed by atoms with E-state index in [-0.39, 0.29) is 19.1 Å². The Morgan fingerprint density at radius 3 is 2.36 bits per heavy atom. The van der Waals surface area contributed by atoms with Gasteiger partial charge in [-0.15, -0.1) is 11.3 Å². The average Bonchev–Trinajstić information content (AvgIpc) is 3.19. The smallest absolute Gasteiger partial charge is 0.341 e. The standard InChI is InChI=1S/C26H29NO5S/c1-6-30-20-10-8-19(9-11-20)21-15-33-25(24(21)26(29)31-7-2)27-23(28)14-32-22-13-16(3)12-17(4)18(22)5/h8-13,15H,6-7,14H2,1-5H3,(H,27,28). The topological polar surface area (TPSA) is 73.9 Å². The van der Waals surface area contributed by atoms with Crippen molar-refractivity contribution in [2.45, 2.75) is 34.6 Å². The van der Waals surface area contributed by atoms with E-state index in [4.69, 9.17) is 14.2 Å². The highest BCUT2D eigenvalue weighted by atomic mass is 32.1. The summed E-state index contributed by atoms with van der Waals surface area (Å²) in [5.74, 6) is 0.597. The van der Waals surface area contributed by atoms with Gasteiger partial charge in [-0.2, -0.15) is 0 Å². The lowest BCUT2D eigenvalue weighted by Crippen LogP contribution is -2.21. The number of esters is 1. The van der Waals surface area contributed by atoms with E-state index in [1.165, 1.54) is 11.3 Å². The largest absolute Gasteiger partial charge is 0.494 e. The zero-order valence-electron chi connectivity index (χ0n) is 19.6. The number of thiophene rings is 1. The summed E-state index contributed by atoms with van der Waals surface area (Å²) in [7, 11) is 0. The van der Waals surface area contributed by atoms with Gasteiger partial charge in [0.2, 0.25) is 0 Å². The minimum absolute atomic E-state index is 0.164. The van der Waals surface area contributed by atoms with E-state index in [0.29, 0.717) is 28.5 Å². The van der Waals surface area contributed by atoms with Crippen LogP contribution in [0, 0.1) is 20.8 Å². The van der Waals surface area contributed by atoms with Crippen LogP contribution in [0.25, 0.3) is 11.1 Å². The van der Waals surface area contributed by atoms with Crippen molar-refractivity contribution in [3.8, 4) is 22.6 Å². The number of nitrogens with one attached hydrogen (secondary N) is 1. The van der Waals surface area contributed by atoms with Crippen LogP contribution < -0.4 is 14.8 Å². The van der Waals surface area contributed by atoms with Crippen LogP contribution in [0.15, 0.2) is 41.8 Å². The zero-order chi connectivity index (χ0) is 24.0. The Morgan fingerprint density at radius 1 is 0.970 bits per heavy atom. The van der Waals surface area contributed by atoms with Gasteiger partial charge in [-0.05, 0) is 75.1 Å². The predicted molar refractivity (Wildman–Crippen MR) is 132 cm³/mol. The SMILES string of the molecule is CCOC(=O)c1c(-c2ccc(OCC)cc2)csc1NC(=O)COc1cc(C)cc(C)c1C. The van der Waals surface area contributed by atoms with E-state index in [2.05, 4.69) is 11.4 Å². The number of ether oxygens (including phenoxy) is 3. The van der Waals surface area contributed by atoms with E-state index < -0.39 is 5.97 Å². The van der Waals surface area contributed by atoms with Crippen LogP contribution in [-0.4, -0.2) is 31.7 Å². The fraction of sp³-hybridized carbons (Fsp3) is 0.308. The van der Waals surface area contributed by atoms with Gasteiger partial charge >= 0.3 is 5.97 Å². The summed E-state index contributed by atoms with van der Waals surface area (Å²) in [5.41, 5.74) is 5.03. The second kappa shape index (κ2) is 11.0. The fourth-order valence-electron chi connectivity index (χ4n) is 3.42. The minimum Gasteiger partial charge on any atom is -0.494 e. The molecule has 0 aliphatic heterocycles. The molecule has 0 aliphatic carbocycles. The van der Waals surface area contributed by atoms with Crippen LogP contribution in [0.2, 0.25) is 0 Å². The van der Waals surface area contributed by atoms with Crippen molar-refractivity contribution in [2.24, 2.45) is 0 Å². The van der Waals surface area contributed by atoms with E-state index in [0.717, 1.165) is 28.0 Å². The predicted octanol–water partition coefficient (Wildman–Crippen LogP) is 5.93. The molecular weight excluding hydrogens is 438 g/mol. The first-order valence-electron chi connectivity index (χ1n) is 10.9. The molecule has 33 heavy (non-hydrogen) atoms. The quantitative estimate of drug-likeness (QED) is 0.395. The van der Waals surface area contributed by atoms with Gasteiger partial charge in [0.05, 0.1) is 13.2 Å². The number of carbonyl (C=O) groups excluding carboxylic acids is 2. The Morgan fingerprint density at radius 2 is 1.70 bits per heavy atom. The van der Waals surface area contributed by atoms with Crippen LogP contribution in [0.1, 0.15) is 40.9 Å². The first-order valence-corrected chi connectivity index (χ1v) is 11.7. The molecule has 1 amide bonds. The molecule has 1 N–H and O–H groups in total. The van der Waals surface area contributed by atoms with Crippen molar-refractivity contribution in [1.82, 2.24) is 0 Å². The number of hydrogen-bond donors (Lipinski definition) is 1. The fourth-order valence-corrected chi connectivity index (χ4v) is 4.40. The molecule has 3 aromatic rings. The maximum Gasteiger partial charge on any atom is 0.341 e. The van der Waals surface area contributed by atoms with Gasteiger partial charge in [0.1, 0.15) is 22.1 Å². The van der Waals surface area contributed by atoms with E-state index in [1.807, 2.05) is 63.4 Å². The second-order valence-corrected chi connectivity index (χ2v) is 8.45. The number of carbonyl (C=O) groups is 2. The molecule has 0 saturated carbocycles. The summed E-state index contributed by atoms with van der Waals surface area (Å²) in [6, 6.07) is 11.4. The number of rotatable bonds is 9. The molecule has 6 nitrogen and oxygen atoms in total. The number of anilines is 1. The molecule has 2 aromatic carbocycles. The van der Waals surface area contributed by atoms with E-state index in [9.17, 15) is 9.59 Å². The Kier molecular flexibility index (Phi) is 8.11. The zero-order valence-corrected chi connectivity index (χ0v) is 20.4. The number of benzene rings is 2. The van der Waals surface area contributed by atoms with Crippen molar-refractivity contribution in [1.29, 1.82) is 0 Å².